The van der Waals surface area contributed by atoms with Gasteiger partial charge in [0.05, 0.1) is 12.2 Å². The molecule has 360 valence electrons. The normalized spacial score (nSPS) is 33.8. The van der Waals surface area contributed by atoms with Gasteiger partial charge in [-0.3, -0.25) is 24.5 Å². The molecular formula is C48H106N10O2. The largest absolute Gasteiger partial charge is 0.391 e. The lowest BCUT2D eigenvalue weighted by molar-refractivity contribution is -0.0160. The molecule has 10 unspecified atom stereocenters. The maximum atomic E-state index is 9.68. The Labute approximate surface area is 372 Å². The summed E-state index contributed by atoms with van der Waals surface area (Å²) in [6.07, 6.45) is 5.00. The summed E-state index contributed by atoms with van der Waals surface area (Å²) in [6, 6.07) is 1.00. The lowest BCUT2D eigenvalue weighted by atomic mass is 9.89. The van der Waals surface area contributed by atoms with E-state index in [2.05, 4.69) is 149 Å². The second-order valence-corrected chi connectivity index (χ2v) is 24.7. The van der Waals surface area contributed by atoms with E-state index in [1.807, 2.05) is 0 Å². The van der Waals surface area contributed by atoms with E-state index in [1.165, 1.54) is 45.3 Å². The van der Waals surface area contributed by atoms with Crippen LogP contribution in [0.2, 0.25) is 0 Å². The van der Waals surface area contributed by atoms with Gasteiger partial charge < -0.3 is 38.9 Å². The first-order chi connectivity index (χ1) is 27.0. The number of hydrogen-bond acceptors (Lipinski definition) is 12. The van der Waals surface area contributed by atoms with Gasteiger partial charge in [-0.25, -0.2) is 0 Å². The zero-order valence-corrected chi connectivity index (χ0v) is 42.9. The van der Waals surface area contributed by atoms with E-state index in [0.717, 1.165) is 64.1 Å². The van der Waals surface area contributed by atoms with E-state index in [0.29, 0.717) is 23.7 Å². The molecular weight excluding hydrogens is 749 g/mol. The molecule has 0 radical (unpaired) electrons. The number of likely N-dealkylation sites (tertiary alicyclic amines) is 5. The van der Waals surface area contributed by atoms with Crippen LogP contribution in [0.1, 0.15) is 157 Å². The van der Waals surface area contributed by atoms with Crippen LogP contribution in [-0.4, -0.2) is 170 Å². The van der Waals surface area contributed by atoms with Crippen LogP contribution < -0.4 is 28.7 Å². The Morgan fingerprint density at radius 2 is 0.750 bits per heavy atom. The predicted octanol–water partition coefficient (Wildman–Crippen LogP) is 4.72. The molecule has 0 aromatic rings. The number of rotatable bonds is 0. The standard InChI is InChI=1S/C10H22N2O.2C10H22N2.C9H20N2O.C9H20N2/c1-7-5-12(10(2,3)4)6-8(11)9(7)13;2*1-8-5-9(11)7-12(6-8)10(2,3)4;1-9(2,3)11-5-4-8(12)7(10)6-11;1-9(2,3)11-6-4-5-8(10)7-11/h7-9,13H,5-6,11H2,1-4H3;2*8-9H,5-7,11H2,1-4H3;7-8,12H,4-6,10H2,1-3H3;8H,4-7,10H2,1-3H3. The van der Waals surface area contributed by atoms with Gasteiger partial charge in [0.1, 0.15) is 0 Å². The molecule has 10 atom stereocenters. The Morgan fingerprint density at radius 3 is 1.07 bits per heavy atom. The highest BCUT2D eigenvalue weighted by molar-refractivity contribution is 4.93. The molecule has 12 N–H and O–H groups in total. The molecule has 12 heteroatoms. The van der Waals surface area contributed by atoms with Crippen molar-refractivity contribution in [1.82, 2.24) is 24.5 Å². The minimum absolute atomic E-state index is 0.0713. The third-order valence-electron chi connectivity index (χ3n) is 13.2. The van der Waals surface area contributed by atoms with Crippen LogP contribution in [0.15, 0.2) is 0 Å². The summed E-state index contributed by atoms with van der Waals surface area (Å²) < 4.78 is 0. The minimum atomic E-state index is -0.335. The van der Waals surface area contributed by atoms with Crippen LogP contribution in [-0.2, 0) is 0 Å². The van der Waals surface area contributed by atoms with E-state index in [4.69, 9.17) is 28.7 Å². The first-order valence-corrected chi connectivity index (χ1v) is 23.9. The molecule has 0 amide bonds. The molecule has 0 aromatic carbocycles. The van der Waals surface area contributed by atoms with Crippen molar-refractivity contribution in [2.24, 2.45) is 46.4 Å². The number of piperidine rings is 5. The number of nitrogens with two attached hydrogens (primary N) is 5. The summed E-state index contributed by atoms with van der Waals surface area (Å²) >= 11 is 0. The zero-order chi connectivity index (χ0) is 46.8. The van der Waals surface area contributed by atoms with E-state index < -0.39 is 0 Å². The van der Waals surface area contributed by atoms with E-state index in [9.17, 15) is 10.2 Å². The van der Waals surface area contributed by atoms with Crippen LogP contribution in [0.3, 0.4) is 0 Å². The summed E-state index contributed by atoms with van der Waals surface area (Å²) in [5.41, 5.74) is 30.7. The lowest BCUT2D eigenvalue weighted by Crippen LogP contribution is -2.60. The van der Waals surface area contributed by atoms with Crippen molar-refractivity contribution in [3.8, 4) is 0 Å². The van der Waals surface area contributed by atoms with Gasteiger partial charge in [0.2, 0.25) is 0 Å². The number of aliphatic hydroxyl groups is 2. The van der Waals surface area contributed by atoms with Gasteiger partial charge in [0, 0.05) is 117 Å². The van der Waals surface area contributed by atoms with Gasteiger partial charge in [-0.1, -0.05) is 20.8 Å². The van der Waals surface area contributed by atoms with Crippen molar-refractivity contribution < 1.29 is 10.2 Å². The number of aliphatic hydroxyl groups excluding tert-OH is 2. The fourth-order valence-electron chi connectivity index (χ4n) is 8.96. The van der Waals surface area contributed by atoms with Crippen LogP contribution in [0, 0.1) is 17.8 Å². The maximum Gasteiger partial charge on any atom is 0.0741 e. The molecule has 0 saturated carbocycles. The first kappa shape index (κ1) is 57.5. The SMILES string of the molecule is CC(C)(C)N1CCC(O)C(N)C1.CC(C)(C)N1CCCC(N)C1.CC1CC(N)CN(C(C)(C)C)C1.CC1CC(N)CN(C(C)(C)C)C1.CC1CN(C(C)(C)C)CC(N)C1O. The van der Waals surface area contributed by atoms with Gasteiger partial charge in [0.15, 0.2) is 0 Å². The van der Waals surface area contributed by atoms with Crippen molar-refractivity contribution >= 4 is 0 Å². The van der Waals surface area contributed by atoms with E-state index >= 15 is 0 Å². The second-order valence-electron chi connectivity index (χ2n) is 24.7. The van der Waals surface area contributed by atoms with Crippen molar-refractivity contribution in [2.45, 2.75) is 227 Å². The molecule has 5 fully saturated rings. The Morgan fingerprint density at radius 1 is 0.400 bits per heavy atom. The topological polar surface area (TPSA) is 187 Å². The maximum absolute atomic E-state index is 9.68. The highest BCUT2D eigenvalue weighted by atomic mass is 16.3. The third kappa shape index (κ3) is 21.5. The number of nitrogens with zero attached hydrogens (tertiary/aromatic N) is 5. The average molecular weight is 855 g/mol. The third-order valence-corrected chi connectivity index (χ3v) is 13.2. The highest BCUT2D eigenvalue weighted by Gasteiger charge is 2.36. The number of hydrogen-bond donors (Lipinski definition) is 7. The summed E-state index contributed by atoms with van der Waals surface area (Å²) in [6.45, 7) is 50.4. The Hall–Kier alpha value is -0.480. The lowest BCUT2D eigenvalue weighted by Gasteiger charge is -2.45. The molecule has 5 aliphatic rings. The molecule has 5 rings (SSSR count). The summed E-state index contributed by atoms with van der Waals surface area (Å²) in [5, 5.41) is 19.1. The van der Waals surface area contributed by atoms with E-state index in [1.54, 1.807) is 0 Å². The van der Waals surface area contributed by atoms with Gasteiger partial charge in [0.25, 0.3) is 0 Å². The van der Waals surface area contributed by atoms with Crippen molar-refractivity contribution in [3.05, 3.63) is 0 Å². The van der Waals surface area contributed by atoms with Gasteiger partial charge in [-0.2, -0.15) is 0 Å². The van der Waals surface area contributed by atoms with Crippen molar-refractivity contribution in [1.29, 1.82) is 0 Å². The Bertz CT molecular complexity index is 1100. The molecule has 0 spiro atoms. The Kier molecular flexibility index (Phi) is 23.2. The average Bonchev–Trinajstić information content (AvgIpc) is 3.06. The molecule has 12 nitrogen and oxygen atoms in total. The van der Waals surface area contributed by atoms with Crippen molar-refractivity contribution in [2.75, 3.05) is 65.4 Å². The summed E-state index contributed by atoms with van der Waals surface area (Å²) in [4.78, 5) is 12.1. The summed E-state index contributed by atoms with van der Waals surface area (Å²) in [5.74, 6) is 1.80. The quantitative estimate of drug-likeness (QED) is 0.178. The van der Waals surface area contributed by atoms with Crippen LogP contribution >= 0.6 is 0 Å². The molecule has 5 saturated heterocycles. The Balaban J connectivity index is 0.000000375. The molecule has 5 aliphatic heterocycles. The predicted molar refractivity (Wildman–Crippen MR) is 259 cm³/mol. The van der Waals surface area contributed by atoms with Gasteiger partial charge in [-0.05, 0) is 160 Å². The van der Waals surface area contributed by atoms with Gasteiger partial charge >= 0.3 is 0 Å². The fourth-order valence-corrected chi connectivity index (χ4v) is 8.96. The van der Waals surface area contributed by atoms with Crippen LogP contribution in [0.4, 0.5) is 0 Å². The van der Waals surface area contributed by atoms with E-state index in [-0.39, 0.29) is 52.4 Å². The first-order valence-electron chi connectivity index (χ1n) is 23.9. The molecule has 60 heavy (non-hydrogen) atoms. The van der Waals surface area contributed by atoms with Crippen LogP contribution in [0.5, 0.6) is 0 Å². The second kappa shape index (κ2) is 24.2. The molecule has 5 heterocycles. The smallest absolute Gasteiger partial charge is 0.0741 e. The molecule has 0 bridgehead atoms. The molecule has 0 aliphatic carbocycles. The zero-order valence-electron chi connectivity index (χ0n) is 42.9. The summed E-state index contributed by atoms with van der Waals surface area (Å²) in [7, 11) is 0. The monoisotopic (exact) mass is 855 g/mol. The minimum Gasteiger partial charge on any atom is -0.391 e. The fraction of sp³-hybridized carbons (Fsp3) is 1.00. The highest BCUT2D eigenvalue weighted by Crippen LogP contribution is 2.25. The molecule has 0 aromatic heterocycles. The van der Waals surface area contributed by atoms with Crippen LogP contribution in [0.25, 0.3) is 0 Å². The van der Waals surface area contributed by atoms with Crippen molar-refractivity contribution in [3.63, 3.8) is 0 Å². The van der Waals surface area contributed by atoms with Gasteiger partial charge in [-0.15, -0.1) is 0 Å².